The maximum absolute atomic E-state index is 10.7. The van der Waals surface area contributed by atoms with E-state index in [1.165, 1.54) is 12.1 Å². The summed E-state index contributed by atoms with van der Waals surface area (Å²) in [5.74, 6) is 3.12. The molecule has 5 nitrogen and oxygen atoms in total. The van der Waals surface area contributed by atoms with E-state index in [2.05, 4.69) is 11.2 Å². The molecule has 1 N–H and O–H groups in total. The Bertz CT molecular complexity index is 677. The number of nitro groups is 1. The van der Waals surface area contributed by atoms with Crippen molar-refractivity contribution >= 4 is 11.4 Å². The van der Waals surface area contributed by atoms with Crippen LogP contribution in [0.1, 0.15) is 5.56 Å². The molecular formula is C16H14N2O3. The Kier molecular flexibility index (Phi) is 4.78. The maximum Gasteiger partial charge on any atom is 0.271 e. The van der Waals surface area contributed by atoms with Crippen molar-refractivity contribution in [2.75, 3.05) is 11.9 Å². The summed E-state index contributed by atoms with van der Waals surface area (Å²) in [4.78, 5) is 10.3. The van der Waals surface area contributed by atoms with Gasteiger partial charge in [-0.25, -0.2) is 0 Å². The highest BCUT2D eigenvalue weighted by Gasteiger charge is 2.06. The van der Waals surface area contributed by atoms with Gasteiger partial charge in [0.15, 0.2) is 0 Å². The minimum atomic E-state index is -0.421. The molecule has 0 aliphatic carbocycles. The first-order chi connectivity index (χ1) is 10.2. The number of anilines is 1. The fourth-order valence-electron chi connectivity index (χ4n) is 1.84. The lowest BCUT2D eigenvalue weighted by Gasteiger charge is -2.11. The molecule has 0 aliphatic heterocycles. The smallest absolute Gasteiger partial charge is 0.271 e. The van der Waals surface area contributed by atoms with Crippen molar-refractivity contribution in [2.24, 2.45) is 0 Å². The highest BCUT2D eigenvalue weighted by atomic mass is 16.6. The second kappa shape index (κ2) is 6.96. The highest BCUT2D eigenvalue weighted by Crippen LogP contribution is 2.21. The van der Waals surface area contributed by atoms with Crippen LogP contribution in [0.2, 0.25) is 0 Å². The van der Waals surface area contributed by atoms with E-state index in [1.54, 1.807) is 12.1 Å². The summed E-state index contributed by atoms with van der Waals surface area (Å²) in [7, 11) is 0. The van der Waals surface area contributed by atoms with Crippen LogP contribution in [0, 0.1) is 22.5 Å². The third-order valence-corrected chi connectivity index (χ3v) is 2.82. The summed E-state index contributed by atoms with van der Waals surface area (Å²) in [5, 5.41) is 13.9. The lowest BCUT2D eigenvalue weighted by molar-refractivity contribution is -0.384. The van der Waals surface area contributed by atoms with Gasteiger partial charge in [0.2, 0.25) is 0 Å². The maximum atomic E-state index is 10.7. The van der Waals surface area contributed by atoms with Crippen LogP contribution in [-0.4, -0.2) is 11.5 Å². The lowest BCUT2D eigenvalue weighted by Crippen LogP contribution is -2.03. The van der Waals surface area contributed by atoms with Crippen LogP contribution < -0.4 is 10.1 Å². The minimum Gasteiger partial charge on any atom is -0.481 e. The largest absolute Gasteiger partial charge is 0.481 e. The Balaban J connectivity index is 2.08. The number of rotatable bonds is 6. The molecule has 0 amide bonds. The zero-order valence-corrected chi connectivity index (χ0v) is 11.3. The number of terminal acetylenes is 1. The predicted molar refractivity (Wildman–Crippen MR) is 81.2 cm³/mol. The number of ether oxygens (including phenoxy) is 1. The van der Waals surface area contributed by atoms with Gasteiger partial charge in [0.1, 0.15) is 12.4 Å². The molecule has 0 radical (unpaired) electrons. The number of nitro benzene ring substituents is 1. The average molecular weight is 282 g/mol. The average Bonchev–Trinajstić information content (AvgIpc) is 2.52. The first-order valence-electron chi connectivity index (χ1n) is 6.33. The topological polar surface area (TPSA) is 64.4 Å². The van der Waals surface area contributed by atoms with Crippen LogP contribution in [-0.2, 0) is 6.54 Å². The Hall–Kier alpha value is -3.00. The van der Waals surface area contributed by atoms with E-state index < -0.39 is 4.92 Å². The molecule has 2 rings (SSSR count). The second-order valence-electron chi connectivity index (χ2n) is 4.26. The molecule has 0 saturated heterocycles. The molecule has 0 atom stereocenters. The van der Waals surface area contributed by atoms with Gasteiger partial charge in [0.25, 0.3) is 5.69 Å². The van der Waals surface area contributed by atoms with Gasteiger partial charge in [0, 0.05) is 29.9 Å². The summed E-state index contributed by atoms with van der Waals surface area (Å²) in [6.07, 6.45) is 5.18. The quantitative estimate of drug-likeness (QED) is 0.502. The number of hydrogen-bond acceptors (Lipinski definition) is 4. The van der Waals surface area contributed by atoms with Gasteiger partial charge in [-0.1, -0.05) is 30.2 Å². The van der Waals surface area contributed by atoms with Gasteiger partial charge in [-0.05, 0) is 12.1 Å². The first-order valence-corrected chi connectivity index (χ1v) is 6.33. The summed E-state index contributed by atoms with van der Waals surface area (Å²) in [6, 6.07) is 13.9. The highest BCUT2D eigenvalue weighted by molar-refractivity contribution is 5.51. The van der Waals surface area contributed by atoms with E-state index >= 15 is 0 Å². The van der Waals surface area contributed by atoms with E-state index in [4.69, 9.17) is 11.2 Å². The van der Waals surface area contributed by atoms with E-state index in [1.807, 2.05) is 24.3 Å². The van der Waals surface area contributed by atoms with Crippen LogP contribution in [0.25, 0.3) is 0 Å². The van der Waals surface area contributed by atoms with Gasteiger partial charge in [-0.3, -0.25) is 10.1 Å². The Morgan fingerprint density at radius 1 is 1.24 bits per heavy atom. The normalized spacial score (nSPS) is 9.67. The third-order valence-electron chi connectivity index (χ3n) is 2.82. The molecule has 0 aromatic heterocycles. The molecule has 0 fully saturated rings. The number of benzene rings is 2. The third kappa shape index (κ3) is 3.98. The zero-order chi connectivity index (χ0) is 15.1. The van der Waals surface area contributed by atoms with Crippen molar-refractivity contribution in [1.29, 1.82) is 0 Å². The van der Waals surface area contributed by atoms with E-state index in [0.29, 0.717) is 18.0 Å². The van der Waals surface area contributed by atoms with Crippen molar-refractivity contribution in [3.8, 4) is 18.1 Å². The molecule has 0 heterocycles. The first kappa shape index (κ1) is 14.4. The molecule has 2 aromatic rings. The SMILES string of the molecule is C#CCOc1ccccc1CNc1cccc([N+](=O)[O-])c1. The van der Waals surface area contributed by atoms with Crippen LogP contribution in [0.15, 0.2) is 48.5 Å². The van der Waals surface area contributed by atoms with Crippen molar-refractivity contribution < 1.29 is 9.66 Å². The zero-order valence-electron chi connectivity index (χ0n) is 11.3. The molecule has 0 bridgehead atoms. The van der Waals surface area contributed by atoms with Crippen molar-refractivity contribution in [2.45, 2.75) is 6.54 Å². The number of hydrogen-bond donors (Lipinski definition) is 1. The minimum absolute atomic E-state index is 0.0527. The van der Waals surface area contributed by atoms with Crippen LogP contribution >= 0.6 is 0 Å². The summed E-state index contributed by atoms with van der Waals surface area (Å²) in [5.41, 5.74) is 1.66. The van der Waals surface area contributed by atoms with Gasteiger partial charge >= 0.3 is 0 Å². The monoisotopic (exact) mass is 282 g/mol. The number of para-hydroxylation sites is 1. The molecule has 21 heavy (non-hydrogen) atoms. The van der Waals surface area contributed by atoms with Crippen LogP contribution in [0.3, 0.4) is 0 Å². The van der Waals surface area contributed by atoms with Gasteiger partial charge in [-0.2, -0.15) is 0 Å². The number of nitrogens with zero attached hydrogens (tertiary/aromatic N) is 1. The van der Waals surface area contributed by atoms with Crippen molar-refractivity contribution in [1.82, 2.24) is 0 Å². The summed E-state index contributed by atoms with van der Waals surface area (Å²) in [6.45, 7) is 0.690. The predicted octanol–water partition coefficient (Wildman–Crippen LogP) is 3.22. The molecule has 0 saturated carbocycles. The molecule has 106 valence electrons. The standard InChI is InChI=1S/C16H14N2O3/c1-2-10-21-16-9-4-3-6-13(16)12-17-14-7-5-8-15(11-14)18(19)20/h1,3-9,11,17H,10,12H2. The molecule has 0 unspecified atom stereocenters. The number of nitrogens with one attached hydrogen (secondary N) is 1. The van der Waals surface area contributed by atoms with Gasteiger partial charge in [-0.15, -0.1) is 6.42 Å². The van der Waals surface area contributed by atoms with E-state index in [9.17, 15) is 10.1 Å². The molecular weight excluding hydrogens is 268 g/mol. The molecule has 5 heteroatoms. The molecule has 0 aliphatic rings. The number of non-ortho nitro benzene ring substituents is 1. The van der Waals surface area contributed by atoms with Crippen molar-refractivity contribution in [3.05, 3.63) is 64.2 Å². The Morgan fingerprint density at radius 3 is 2.81 bits per heavy atom. The molecule has 0 spiro atoms. The van der Waals surface area contributed by atoms with Crippen LogP contribution in [0.4, 0.5) is 11.4 Å². The van der Waals surface area contributed by atoms with E-state index in [-0.39, 0.29) is 12.3 Å². The fraction of sp³-hybridized carbons (Fsp3) is 0.125. The van der Waals surface area contributed by atoms with Crippen LogP contribution in [0.5, 0.6) is 5.75 Å². The Morgan fingerprint density at radius 2 is 2.05 bits per heavy atom. The van der Waals surface area contributed by atoms with Crippen molar-refractivity contribution in [3.63, 3.8) is 0 Å². The second-order valence-corrected chi connectivity index (χ2v) is 4.26. The van der Waals surface area contributed by atoms with Gasteiger partial charge in [0.05, 0.1) is 4.92 Å². The summed E-state index contributed by atoms with van der Waals surface area (Å²) >= 11 is 0. The fourth-order valence-corrected chi connectivity index (χ4v) is 1.84. The Labute approximate surface area is 122 Å². The summed E-state index contributed by atoms with van der Waals surface area (Å²) < 4.78 is 5.45. The lowest BCUT2D eigenvalue weighted by atomic mass is 10.2. The van der Waals surface area contributed by atoms with E-state index in [0.717, 1.165) is 5.56 Å². The molecule has 2 aromatic carbocycles. The van der Waals surface area contributed by atoms with Gasteiger partial charge < -0.3 is 10.1 Å².